The molecule has 0 aromatic heterocycles. The van der Waals surface area contributed by atoms with Crippen molar-refractivity contribution in [1.82, 2.24) is 0 Å². The van der Waals surface area contributed by atoms with E-state index in [9.17, 15) is 18.0 Å². The molecule has 0 unspecified atom stereocenters. The lowest BCUT2D eigenvalue weighted by Crippen LogP contribution is -2.18. The van der Waals surface area contributed by atoms with Gasteiger partial charge in [-0.15, -0.1) is 0 Å². The van der Waals surface area contributed by atoms with Crippen molar-refractivity contribution in [3.63, 3.8) is 0 Å². The summed E-state index contributed by atoms with van der Waals surface area (Å²) in [6.45, 7) is 2.59. The van der Waals surface area contributed by atoms with Gasteiger partial charge in [-0.3, -0.25) is 0 Å². The van der Waals surface area contributed by atoms with Gasteiger partial charge in [0.1, 0.15) is 0 Å². The number of hydrogen-bond donors (Lipinski definition) is 1. The Morgan fingerprint density at radius 2 is 1.83 bits per heavy atom. The van der Waals surface area contributed by atoms with Crippen LogP contribution in [-0.4, -0.2) is 17.3 Å². The standard InChI is InChI=1S/C7H9F3O2/c1-4(2)5(3-6(11)12)7(8,9)10/h3-4H,1-2H3,(H,11,12)/b5-3+. The van der Waals surface area contributed by atoms with Crippen molar-refractivity contribution in [2.24, 2.45) is 5.92 Å². The molecule has 0 bridgehead atoms. The molecule has 0 radical (unpaired) electrons. The van der Waals surface area contributed by atoms with E-state index in [0.29, 0.717) is 0 Å². The Bertz CT molecular complexity index is 203. The maximum atomic E-state index is 12.0. The van der Waals surface area contributed by atoms with Gasteiger partial charge in [-0.25, -0.2) is 4.79 Å². The zero-order valence-corrected chi connectivity index (χ0v) is 6.64. The first-order valence-electron chi connectivity index (χ1n) is 3.27. The molecule has 0 heterocycles. The third-order valence-corrected chi connectivity index (χ3v) is 1.23. The van der Waals surface area contributed by atoms with Gasteiger partial charge in [0.2, 0.25) is 0 Å². The lowest BCUT2D eigenvalue weighted by molar-refractivity contribution is -0.133. The highest BCUT2D eigenvalue weighted by Gasteiger charge is 2.35. The summed E-state index contributed by atoms with van der Waals surface area (Å²) < 4.78 is 36.0. The monoisotopic (exact) mass is 182 g/mol. The zero-order chi connectivity index (χ0) is 9.94. The van der Waals surface area contributed by atoms with Crippen LogP contribution in [0.15, 0.2) is 11.6 Å². The lowest BCUT2D eigenvalue weighted by Gasteiger charge is -2.13. The topological polar surface area (TPSA) is 37.3 Å². The summed E-state index contributed by atoms with van der Waals surface area (Å²) in [6, 6.07) is 0. The van der Waals surface area contributed by atoms with Crippen LogP contribution in [0.2, 0.25) is 0 Å². The molecule has 1 N–H and O–H groups in total. The molecular weight excluding hydrogens is 173 g/mol. The van der Waals surface area contributed by atoms with Gasteiger partial charge in [-0.2, -0.15) is 13.2 Å². The van der Waals surface area contributed by atoms with E-state index in [1.807, 2.05) is 0 Å². The van der Waals surface area contributed by atoms with Crippen LogP contribution in [0.3, 0.4) is 0 Å². The molecule has 0 spiro atoms. The third-order valence-electron chi connectivity index (χ3n) is 1.23. The van der Waals surface area contributed by atoms with Crippen molar-refractivity contribution in [2.45, 2.75) is 20.0 Å². The fourth-order valence-corrected chi connectivity index (χ4v) is 0.709. The van der Waals surface area contributed by atoms with Gasteiger partial charge in [0.05, 0.1) is 0 Å². The van der Waals surface area contributed by atoms with Crippen LogP contribution in [0.1, 0.15) is 13.8 Å². The molecule has 0 aromatic carbocycles. The molecule has 70 valence electrons. The molecule has 0 aliphatic heterocycles. The molecule has 0 atom stereocenters. The average Bonchev–Trinajstić information content (AvgIpc) is 1.79. The lowest BCUT2D eigenvalue weighted by atomic mass is 10.0. The van der Waals surface area contributed by atoms with Gasteiger partial charge < -0.3 is 5.11 Å². The Labute approximate surface area is 67.7 Å². The number of carboxylic acid groups (broad SMARTS) is 1. The molecule has 5 heteroatoms. The molecular formula is C7H9F3O2. The predicted octanol–water partition coefficient (Wildman–Crippen LogP) is 2.22. The first-order valence-corrected chi connectivity index (χ1v) is 3.27. The number of allylic oxidation sites excluding steroid dienone is 1. The quantitative estimate of drug-likeness (QED) is 0.665. The minimum absolute atomic E-state index is 0.199. The number of alkyl halides is 3. The number of carboxylic acids is 1. The molecule has 12 heavy (non-hydrogen) atoms. The second-order valence-electron chi connectivity index (χ2n) is 2.59. The van der Waals surface area contributed by atoms with Crippen LogP contribution in [0.25, 0.3) is 0 Å². The largest absolute Gasteiger partial charge is 0.478 e. The zero-order valence-electron chi connectivity index (χ0n) is 6.64. The van der Waals surface area contributed by atoms with E-state index in [1.54, 1.807) is 0 Å². The first kappa shape index (κ1) is 11.0. The minimum atomic E-state index is -4.55. The van der Waals surface area contributed by atoms with Gasteiger partial charge in [0.25, 0.3) is 0 Å². The summed E-state index contributed by atoms with van der Waals surface area (Å²) in [6.07, 6.45) is -4.35. The highest BCUT2D eigenvalue weighted by Crippen LogP contribution is 2.30. The molecule has 0 rings (SSSR count). The van der Waals surface area contributed by atoms with E-state index in [0.717, 1.165) is 0 Å². The summed E-state index contributed by atoms with van der Waals surface area (Å²) in [4.78, 5) is 9.98. The van der Waals surface area contributed by atoms with E-state index in [-0.39, 0.29) is 6.08 Å². The van der Waals surface area contributed by atoms with Gasteiger partial charge in [0.15, 0.2) is 0 Å². The van der Waals surface area contributed by atoms with Gasteiger partial charge >= 0.3 is 12.1 Å². The minimum Gasteiger partial charge on any atom is -0.478 e. The maximum absolute atomic E-state index is 12.0. The highest BCUT2D eigenvalue weighted by atomic mass is 19.4. The second-order valence-corrected chi connectivity index (χ2v) is 2.59. The summed E-state index contributed by atoms with van der Waals surface area (Å²) in [7, 11) is 0. The molecule has 0 amide bonds. The summed E-state index contributed by atoms with van der Waals surface area (Å²) in [5.41, 5.74) is -1.02. The Balaban J connectivity index is 4.80. The van der Waals surface area contributed by atoms with Crippen LogP contribution in [-0.2, 0) is 4.79 Å². The summed E-state index contributed by atoms with van der Waals surface area (Å²) in [5, 5.41) is 8.12. The van der Waals surface area contributed by atoms with Crippen molar-refractivity contribution in [2.75, 3.05) is 0 Å². The van der Waals surface area contributed by atoms with Crippen molar-refractivity contribution in [3.8, 4) is 0 Å². The van der Waals surface area contributed by atoms with Crippen LogP contribution in [0.5, 0.6) is 0 Å². The fraction of sp³-hybridized carbons (Fsp3) is 0.571. The number of aliphatic carboxylic acids is 1. The van der Waals surface area contributed by atoms with Crippen LogP contribution in [0, 0.1) is 5.92 Å². The molecule has 0 aliphatic carbocycles. The fourth-order valence-electron chi connectivity index (χ4n) is 0.709. The van der Waals surface area contributed by atoms with E-state index < -0.39 is 23.6 Å². The van der Waals surface area contributed by atoms with Crippen LogP contribution >= 0.6 is 0 Å². The Morgan fingerprint density at radius 1 is 1.42 bits per heavy atom. The van der Waals surface area contributed by atoms with E-state index in [2.05, 4.69) is 0 Å². The van der Waals surface area contributed by atoms with Crippen LogP contribution in [0.4, 0.5) is 13.2 Å². The molecule has 0 saturated carbocycles. The number of halogens is 3. The van der Waals surface area contributed by atoms with Gasteiger partial charge in [-0.05, 0) is 5.92 Å². The van der Waals surface area contributed by atoms with E-state index >= 15 is 0 Å². The van der Waals surface area contributed by atoms with Gasteiger partial charge in [-0.1, -0.05) is 13.8 Å². The maximum Gasteiger partial charge on any atom is 0.413 e. The van der Waals surface area contributed by atoms with E-state index in [4.69, 9.17) is 5.11 Å². The summed E-state index contributed by atoms with van der Waals surface area (Å²) >= 11 is 0. The molecule has 0 saturated heterocycles. The average molecular weight is 182 g/mol. The Hall–Kier alpha value is -1.00. The van der Waals surface area contributed by atoms with Gasteiger partial charge in [0, 0.05) is 11.6 Å². The number of carbonyl (C=O) groups is 1. The molecule has 0 aliphatic rings. The Morgan fingerprint density at radius 3 is 1.92 bits per heavy atom. The summed E-state index contributed by atoms with van der Waals surface area (Å²) in [5.74, 6) is -2.41. The smallest absolute Gasteiger partial charge is 0.413 e. The molecule has 2 nitrogen and oxygen atoms in total. The predicted molar refractivity (Wildman–Crippen MR) is 36.6 cm³/mol. The number of hydrogen-bond acceptors (Lipinski definition) is 1. The van der Waals surface area contributed by atoms with Crippen molar-refractivity contribution >= 4 is 5.97 Å². The van der Waals surface area contributed by atoms with Crippen molar-refractivity contribution in [3.05, 3.63) is 11.6 Å². The molecule has 0 fully saturated rings. The SMILES string of the molecule is CC(C)/C(=C\C(=O)O)C(F)(F)F. The molecule has 0 aromatic rings. The van der Waals surface area contributed by atoms with Crippen molar-refractivity contribution in [1.29, 1.82) is 0 Å². The Kier molecular flexibility index (Phi) is 3.30. The van der Waals surface area contributed by atoms with Crippen LogP contribution < -0.4 is 0 Å². The second kappa shape index (κ2) is 3.60. The third kappa shape index (κ3) is 3.41. The normalized spacial score (nSPS) is 13.7. The van der Waals surface area contributed by atoms with Crippen molar-refractivity contribution < 1.29 is 23.1 Å². The first-order chi connectivity index (χ1) is 5.25. The van der Waals surface area contributed by atoms with E-state index in [1.165, 1.54) is 13.8 Å². The number of rotatable bonds is 2. The highest BCUT2D eigenvalue weighted by molar-refractivity contribution is 5.81.